The fourth-order valence-corrected chi connectivity index (χ4v) is 1.24. The van der Waals surface area contributed by atoms with Gasteiger partial charge in [0.2, 0.25) is 0 Å². The Kier molecular flexibility index (Phi) is 4.06. The zero-order chi connectivity index (χ0) is 13.1. The first-order valence-electron chi connectivity index (χ1n) is 4.68. The lowest BCUT2D eigenvalue weighted by Gasteiger charge is -2.08. The summed E-state index contributed by atoms with van der Waals surface area (Å²) in [6.07, 6.45) is -4.43. The van der Waals surface area contributed by atoms with E-state index >= 15 is 0 Å². The van der Waals surface area contributed by atoms with Crippen LogP contribution in [0.2, 0.25) is 0 Å². The predicted octanol–water partition coefficient (Wildman–Crippen LogP) is 2.98. The Labute approximate surface area is 95.2 Å². The number of hydrogen-bond acceptors (Lipinski definition) is 3. The molecule has 0 N–H and O–H groups in total. The third-order valence-corrected chi connectivity index (χ3v) is 1.96. The van der Waals surface area contributed by atoms with E-state index in [9.17, 15) is 23.3 Å². The average Bonchev–Trinajstić information content (AvgIpc) is 2.18. The summed E-state index contributed by atoms with van der Waals surface area (Å²) in [7, 11) is 0. The second-order valence-corrected chi connectivity index (χ2v) is 3.50. The monoisotopic (exact) mass is 249 g/mol. The summed E-state index contributed by atoms with van der Waals surface area (Å²) < 4.78 is 39.9. The van der Waals surface area contributed by atoms with Crippen LogP contribution in [-0.4, -0.2) is 17.7 Å². The molecule has 1 aromatic rings. The number of alkyl halides is 3. The second-order valence-electron chi connectivity index (χ2n) is 3.50. The maximum absolute atomic E-state index is 11.8. The molecule has 0 aromatic heterocycles. The first kappa shape index (κ1) is 13.4. The van der Waals surface area contributed by atoms with Crippen LogP contribution in [0, 0.1) is 17.0 Å². The van der Waals surface area contributed by atoms with E-state index in [2.05, 4.69) is 4.74 Å². The van der Waals surface area contributed by atoms with Gasteiger partial charge in [-0.1, -0.05) is 6.07 Å². The van der Waals surface area contributed by atoms with Gasteiger partial charge in [-0.15, -0.1) is 0 Å². The molecule has 0 saturated heterocycles. The molecule has 0 spiro atoms. The van der Waals surface area contributed by atoms with Crippen LogP contribution in [0.3, 0.4) is 0 Å². The Balaban J connectivity index is 2.74. The number of aryl methyl sites for hydroxylation is 1. The Morgan fingerprint density at radius 3 is 2.59 bits per heavy atom. The van der Waals surface area contributed by atoms with Gasteiger partial charge in [-0.3, -0.25) is 10.1 Å². The molecule has 94 valence electrons. The molecule has 1 aromatic carbocycles. The van der Waals surface area contributed by atoms with Gasteiger partial charge >= 0.3 is 6.18 Å². The van der Waals surface area contributed by atoms with Crippen LogP contribution in [0.4, 0.5) is 18.9 Å². The lowest BCUT2D eigenvalue weighted by Crippen LogP contribution is -2.17. The summed E-state index contributed by atoms with van der Waals surface area (Å²) in [6, 6.07) is 4.27. The van der Waals surface area contributed by atoms with Gasteiger partial charge in [0.1, 0.15) is 6.61 Å². The molecule has 0 amide bonds. The van der Waals surface area contributed by atoms with Crippen LogP contribution in [-0.2, 0) is 11.3 Å². The largest absolute Gasteiger partial charge is 0.411 e. The molecule has 7 heteroatoms. The maximum Gasteiger partial charge on any atom is 0.411 e. The topological polar surface area (TPSA) is 52.4 Å². The molecule has 0 radical (unpaired) electrons. The molecule has 0 atom stereocenters. The van der Waals surface area contributed by atoms with Gasteiger partial charge in [-0.25, -0.2) is 0 Å². The number of hydrogen-bond donors (Lipinski definition) is 0. The number of nitro benzene ring substituents is 1. The van der Waals surface area contributed by atoms with Gasteiger partial charge in [-0.05, 0) is 18.6 Å². The number of nitro groups is 1. The van der Waals surface area contributed by atoms with Crippen LogP contribution in [0.1, 0.15) is 11.1 Å². The minimum Gasteiger partial charge on any atom is -0.367 e. The van der Waals surface area contributed by atoms with E-state index in [0.29, 0.717) is 5.56 Å². The summed E-state index contributed by atoms with van der Waals surface area (Å²) in [5.74, 6) is 0. The van der Waals surface area contributed by atoms with Crippen molar-refractivity contribution in [1.82, 2.24) is 0 Å². The van der Waals surface area contributed by atoms with Crippen LogP contribution in [0.25, 0.3) is 0 Å². The van der Waals surface area contributed by atoms with E-state index in [-0.39, 0.29) is 11.3 Å². The Morgan fingerprint density at radius 1 is 1.41 bits per heavy atom. The van der Waals surface area contributed by atoms with Gasteiger partial charge in [0.15, 0.2) is 0 Å². The summed E-state index contributed by atoms with van der Waals surface area (Å²) in [5.41, 5.74) is 0.563. The fourth-order valence-electron chi connectivity index (χ4n) is 1.24. The third kappa shape index (κ3) is 4.39. The van der Waals surface area contributed by atoms with Crippen molar-refractivity contribution in [3.05, 3.63) is 39.4 Å². The third-order valence-electron chi connectivity index (χ3n) is 1.96. The van der Waals surface area contributed by atoms with Crippen molar-refractivity contribution < 1.29 is 22.8 Å². The van der Waals surface area contributed by atoms with Crippen molar-refractivity contribution in [2.75, 3.05) is 6.61 Å². The number of ether oxygens (including phenoxy) is 1. The van der Waals surface area contributed by atoms with E-state index in [1.165, 1.54) is 12.1 Å². The molecule has 0 bridgehead atoms. The fraction of sp³-hybridized carbons (Fsp3) is 0.400. The van der Waals surface area contributed by atoms with Crippen molar-refractivity contribution in [3.63, 3.8) is 0 Å². The summed E-state index contributed by atoms with van der Waals surface area (Å²) in [5, 5.41) is 10.7. The Bertz CT molecular complexity index is 418. The zero-order valence-corrected chi connectivity index (χ0v) is 8.95. The van der Waals surface area contributed by atoms with Crippen molar-refractivity contribution in [3.8, 4) is 0 Å². The molecule has 1 rings (SSSR count). The normalized spacial score (nSPS) is 11.5. The maximum atomic E-state index is 11.8. The highest BCUT2D eigenvalue weighted by Crippen LogP contribution is 2.22. The van der Waals surface area contributed by atoms with Gasteiger partial charge in [0.25, 0.3) is 5.69 Å². The molecule has 4 nitrogen and oxygen atoms in total. The van der Waals surface area contributed by atoms with Crippen molar-refractivity contribution in [1.29, 1.82) is 0 Å². The minimum absolute atomic E-state index is 0.129. The van der Waals surface area contributed by atoms with Crippen LogP contribution < -0.4 is 0 Å². The first-order chi connectivity index (χ1) is 7.79. The molecule has 0 aliphatic carbocycles. The molecular weight excluding hydrogens is 239 g/mol. The van der Waals surface area contributed by atoms with Gasteiger partial charge < -0.3 is 4.74 Å². The highest BCUT2D eigenvalue weighted by atomic mass is 19.4. The number of benzene rings is 1. The van der Waals surface area contributed by atoms with Crippen LogP contribution in [0.15, 0.2) is 18.2 Å². The highest BCUT2D eigenvalue weighted by Gasteiger charge is 2.27. The van der Waals surface area contributed by atoms with Crippen LogP contribution >= 0.6 is 0 Å². The Hall–Kier alpha value is -1.63. The number of halogens is 3. The smallest absolute Gasteiger partial charge is 0.367 e. The SMILES string of the molecule is Cc1ccc(COCC(F)(F)F)c([N+](=O)[O-])c1. The minimum atomic E-state index is -4.43. The molecule has 0 unspecified atom stereocenters. The predicted molar refractivity (Wildman–Crippen MR) is 53.5 cm³/mol. The molecule has 17 heavy (non-hydrogen) atoms. The van der Waals surface area contributed by atoms with Crippen molar-refractivity contribution in [2.45, 2.75) is 19.7 Å². The Morgan fingerprint density at radius 2 is 2.06 bits per heavy atom. The molecule has 0 fully saturated rings. The van der Waals surface area contributed by atoms with Gasteiger partial charge in [-0.2, -0.15) is 13.2 Å². The summed E-state index contributed by atoms with van der Waals surface area (Å²) >= 11 is 0. The first-order valence-corrected chi connectivity index (χ1v) is 4.68. The molecule has 0 aliphatic rings. The van der Waals surface area contributed by atoms with Crippen molar-refractivity contribution in [2.24, 2.45) is 0 Å². The van der Waals surface area contributed by atoms with Crippen LogP contribution in [0.5, 0.6) is 0 Å². The number of nitrogens with zero attached hydrogens (tertiary/aromatic N) is 1. The van der Waals surface area contributed by atoms with Crippen molar-refractivity contribution >= 4 is 5.69 Å². The molecule has 0 heterocycles. The van der Waals surface area contributed by atoms with E-state index in [0.717, 1.165) is 0 Å². The lowest BCUT2D eigenvalue weighted by atomic mass is 10.1. The average molecular weight is 249 g/mol. The molecule has 0 aliphatic heterocycles. The number of rotatable bonds is 4. The second kappa shape index (κ2) is 5.13. The van der Waals surface area contributed by atoms with E-state index in [1.54, 1.807) is 13.0 Å². The summed E-state index contributed by atoms with van der Waals surface area (Å²) in [4.78, 5) is 10.0. The van der Waals surface area contributed by atoms with E-state index in [4.69, 9.17) is 0 Å². The van der Waals surface area contributed by atoms with E-state index in [1.807, 2.05) is 0 Å². The molecule has 0 saturated carbocycles. The highest BCUT2D eigenvalue weighted by molar-refractivity contribution is 5.42. The lowest BCUT2D eigenvalue weighted by molar-refractivity contribution is -0.386. The quantitative estimate of drug-likeness (QED) is 0.608. The van der Waals surface area contributed by atoms with E-state index < -0.39 is 24.3 Å². The standard InChI is InChI=1S/C10H10F3NO3/c1-7-2-3-8(9(4-7)14(15)16)5-17-6-10(11,12)13/h2-4H,5-6H2,1H3. The molecular formula is C10H10F3NO3. The zero-order valence-electron chi connectivity index (χ0n) is 8.95. The summed E-state index contributed by atoms with van der Waals surface area (Å²) in [6.45, 7) is -0.193. The van der Waals surface area contributed by atoms with Gasteiger partial charge in [0, 0.05) is 6.07 Å². The van der Waals surface area contributed by atoms with Gasteiger partial charge in [0.05, 0.1) is 17.1 Å².